The maximum absolute atomic E-state index is 12.9. The largest absolute Gasteiger partial charge is 0.462 e. The molecule has 2 spiro atoms. The van der Waals surface area contributed by atoms with Gasteiger partial charge in [0.25, 0.3) is 0 Å². The van der Waals surface area contributed by atoms with E-state index < -0.39 is 11.6 Å². The summed E-state index contributed by atoms with van der Waals surface area (Å²) in [6.07, 6.45) is 15.4. The van der Waals surface area contributed by atoms with E-state index in [1.54, 1.807) is 6.08 Å². The van der Waals surface area contributed by atoms with Gasteiger partial charge < -0.3 is 23.7 Å². The van der Waals surface area contributed by atoms with Crippen molar-refractivity contribution in [2.24, 2.45) is 0 Å². The Bertz CT molecular complexity index is 1570. The number of carbonyl (C=O) groups excluding carboxylic acids is 1. The lowest BCUT2D eigenvalue weighted by molar-refractivity contribution is -0.171. The SMILES string of the molecule is C=CC[C@@H]1OC2(CCCC2)O[C@H]1C(=C)[C@H]1OC2(CCCC2)O[C@@H]1C(=C)C/C=C/C(C)=C/C(=O)OCC1c2ccccc2-c2ccccc21. The number of carbonyl (C=O) groups is 1. The third-order valence-electron chi connectivity index (χ3n) is 10.7. The molecule has 0 aromatic heterocycles. The molecule has 3 aliphatic carbocycles. The Labute approximate surface area is 285 Å². The first-order chi connectivity index (χ1) is 23.3. The quantitative estimate of drug-likeness (QED) is 0.105. The second-order valence-corrected chi connectivity index (χ2v) is 14.1. The summed E-state index contributed by atoms with van der Waals surface area (Å²) in [5, 5.41) is 0. The van der Waals surface area contributed by atoms with Crippen molar-refractivity contribution in [3.63, 3.8) is 0 Å². The molecule has 4 fully saturated rings. The Kier molecular flexibility index (Phi) is 9.45. The van der Waals surface area contributed by atoms with E-state index in [1.165, 1.54) is 22.3 Å². The number of allylic oxidation sites excluding steroid dienone is 3. The minimum atomic E-state index is -0.608. The zero-order valence-electron chi connectivity index (χ0n) is 28.2. The first-order valence-corrected chi connectivity index (χ1v) is 17.7. The van der Waals surface area contributed by atoms with Crippen LogP contribution in [0.5, 0.6) is 0 Å². The van der Waals surface area contributed by atoms with Crippen molar-refractivity contribution in [3.05, 3.63) is 120 Å². The van der Waals surface area contributed by atoms with E-state index in [9.17, 15) is 4.79 Å². The minimum Gasteiger partial charge on any atom is -0.462 e. The fourth-order valence-electron chi connectivity index (χ4n) is 8.36. The summed E-state index contributed by atoms with van der Waals surface area (Å²) in [7, 11) is 0. The highest BCUT2D eigenvalue weighted by Gasteiger charge is 2.55. The lowest BCUT2D eigenvalue weighted by Gasteiger charge is -2.27. The fourth-order valence-corrected chi connectivity index (χ4v) is 8.36. The molecule has 48 heavy (non-hydrogen) atoms. The summed E-state index contributed by atoms with van der Waals surface area (Å²) >= 11 is 0. The summed E-state index contributed by atoms with van der Waals surface area (Å²) in [5.74, 6) is -1.45. The summed E-state index contributed by atoms with van der Waals surface area (Å²) in [6.45, 7) is 15.2. The van der Waals surface area contributed by atoms with Gasteiger partial charge in [0.1, 0.15) is 24.9 Å². The number of esters is 1. The van der Waals surface area contributed by atoms with Gasteiger partial charge in [-0.15, -0.1) is 6.58 Å². The molecule has 2 saturated heterocycles. The molecule has 0 N–H and O–H groups in total. The Morgan fingerprint density at radius 3 is 2.02 bits per heavy atom. The lowest BCUT2D eigenvalue weighted by atomic mass is 9.92. The number of hydrogen-bond donors (Lipinski definition) is 0. The zero-order chi connectivity index (χ0) is 33.3. The first kappa shape index (κ1) is 33.0. The average Bonchev–Trinajstić information content (AvgIpc) is 3.93. The molecule has 0 bridgehead atoms. The molecule has 7 rings (SSSR count). The molecule has 6 nitrogen and oxygen atoms in total. The predicted octanol–water partition coefficient (Wildman–Crippen LogP) is 9.03. The van der Waals surface area contributed by atoms with Crippen molar-refractivity contribution in [1.29, 1.82) is 0 Å². The molecule has 2 aliphatic heterocycles. The van der Waals surface area contributed by atoms with Gasteiger partial charge >= 0.3 is 5.97 Å². The lowest BCUT2D eigenvalue weighted by Crippen LogP contribution is -2.36. The molecule has 5 aliphatic rings. The Morgan fingerprint density at radius 1 is 0.833 bits per heavy atom. The van der Waals surface area contributed by atoms with Crippen molar-refractivity contribution < 1.29 is 28.5 Å². The fraction of sp³-hybridized carbons (Fsp3) is 0.452. The van der Waals surface area contributed by atoms with Crippen LogP contribution in [-0.4, -0.2) is 48.6 Å². The van der Waals surface area contributed by atoms with Crippen LogP contribution in [0.1, 0.15) is 88.2 Å². The maximum atomic E-state index is 12.9. The van der Waals surface area contributed by atoms with Crippen molar-refractivity contribution in [2.75, 3.05) is 6.61 Å². The zero-order valence-corrected chi connectivity index (χ0v) is 28.2. The highest BCUT2D eigenvalue weighted by molar-refractivity contribution is 5.84. The second kappa shape index (κ2) is 13.8. The summed E-state index contributed by atoms with van der Waals surface area (Å²) in [6, 6.07) is 16.7. The van der Waals surface area contributed by atoms with Crippen molar-refractivity contribution in [3.8, 4) is 11.1 Å². The molecule has 2 aromatic rings. The molecule has 0 amide bonds. The number of benzene rings is 2. The predicted molar refractivity (Wildman–Crippen MR) is 187 cm³/mol. The third-order valence-corrected chi connectivity index (χ3v) is 10.7. The maximum Gasteiger partial charge on any atom is 0.331 e. The van der Waals surface area contributed by atoms with Crippen LogP contribution >= 0.6 is 0 Å². The van der Waals surface area contributed by atoms with E-state index in [0.717, 1.165) is 68.1 Å². The molecule has 0 unspecified atom stereocenters. The van der Waals surface area contributed by atoms with Gasteiger partial charge in [-0.25, -0.2) is 4.79 Å². The monoisotopic (exact) mass is 648 g/mol. The molecular formula is C42H48O6. The second-order valence-electron chi connectivity index (χ2n) is 14.1. The molecule has 6 heteroatoms. The van der Waals surface area contributed by atoms with E-state index in [0.29, 0.717) is 19.4 Å². The van der Waals surface area contributed by atoms with Crippen LogP contribution < -0.4 is 0 Å². The van der Waals surface area contributed by atoms with Gasteiger partial charge in [0.2, 0.25) is 0 Å². The Hall–Kier alpha value is -3.55. The molecule has 4 atom stereocenters. The van der Waals surface area contributed by atoms with Crippen LogP contribution in [0, 0.1) is 0 Å². The van der Waals surface area contributed by atoms with E-state index in [2.05, 4.69) is 56.1 Å². The van der Waals surface area contributed by atoms with Gasteiger partial charge in [0.05, 0.1) is 6.10 Å². The van der Waals surface area contributed by atoms with E-state index in [4.69, 9.17) is 23.7 Å². The van der Waals surface area contributed by atoms with Crippen LogP contribution in [-0.2, 0) is 28.5 Å². The number of rotatable bonds is 11. The van der Waals surface area contributed by atoms with Crippen molar-refractivity contribution >= 4 is 5.97 Å². The van der Waals surface area contributed by atoms with Gasteiger partial charge in [0, 0.05) is 37.7 Å². The highest BCUT2D eigenvalue weighted by atomic mass is 16.8. The highest BCUT2D eigenvalue weighted by Crippen LogP contribution is 2.50. The Balaban J connectivity index is 0.984. The molecule has 2 saturated carbocycles. The molecule has 2 heterocycles. The van der Waals surface area contributed by atoms with E-state index in [-0.39, 0.29) is 36.3 Å². The minimum absolute atomic E-state index is 0.0327. The summed E-state index contributed by atoms with van der Waals surface area (Å²) in [5.41, 5.74) is 7.39. The van der Waals surface area contributed by atoms with Crippen molar-refractivity contribution in [2.45, 2.75) is 113 Å². The van der Waals surface area contributed by atoms with Crippen LogP contribution in [0.25, 0.3) is 11.1 Å². The van der Waals surface area contributed by atoms with Crippen LogP contribution in [0.4, 0.5) is 0 Å². The van der Waals surface area contributed by atoms with Crippen molar-refractivity contribution in [1.82, 2.24) is 0 Å². The summed E-state index contributed by atoms with van der Waals surface area (Å²) < 4.78 is 32.4. The van der Waals surface area contributed by atoms with E-state index in [1.807, 2.05) is 37.3 Å². The average molecular weight is 649 g/mol. The normalized spacial score (nSPS) is 27.1. The first-order valence-electron chi connectivity index (χ1n) is 17.7. The number of fused-ring (bicyclic) bond motifs is 3. The number of hydrogen-bond acceptors (Lipinski definition) is 6. The smallest absolute Gasteiger partial charge is 0.331 e. The summed E-state index contributed by atoms with van der Waals surface area (Å²) in [4.78, 5) is 12.9. The van der Waals surface area contributed by atoms with Crippen LogP contribution in [0.2, 0.25) is 0 Å². The Morgan fingerprint density at radius 2 is 1.40 bits per heavy atom. The van der Waals surface area contributed by atoms with Gasteiger partial charge in [-0.1, -0.05) is 79.9 Å². The molecule has 0 radical (unpaired) electrons. The van der Waals surface area contributed by atoms with Crippen LogP contribution in [0.3, 0.4) is 0 Å². The van der Waals surface area contributed by atoms with Gasteiger partial charge in [0.15, 0.2) is 11.6 Å². The molecular weight excluding hydrogens is 600 g/mol. The topological polar surface area (TPSA) is 63.2 Å². The third kappa shape index (κ3) is 6.44. The number of ether oxygens (including phenoxy) is 5. The van der Waals surface area contributed by atoms with Gasteiger partial charge in [-0.3, -0.25) is 0 Å². The van der Waals surface area contributed by atoms with Gasteiger partial charge in [-0.2, -0.15) is 0 Å². The van der Waals surface area contributed by atoms with E-state index >= 15 is 0 Å². The standard InChI is InChI=1S/C42H48O6/c1-5-15-36-39(47-41(45-36)22-10-11-23-41)30(4)40-38(46-42(48-40)24-12-13-25-42)29(3)17-14-16-28(2)26-37(43)44-27-35-33-20-8-6-18-31(33)32-19-7-9-21-34(32)35/h5-9,14,16,18-21,26,35-36,38-40H,1,3-4,10-13,15,17,22-25,27H2,2H3/b16-14+,28-26+/t36-,38+,39-,40+/m0/s1. The molecule has 2 aromatic carbocycles. The molecule has 252 valence electrons. The van der Waals surface area contributed by atoms with Gasteiger partial charge in [-0.05, 0) is 84.4 Å². The van der Waals surface area contributed by atoms with Crippen LogP contribution in [0.15, 0.2) is 109 Å².